The molecule has 0 heterocycles. The molecule has 0 radical (unpaired) electrons. The fourth-order valence-corrected chi connectivity index (χ4v) is 1.65. The zero-order valence-corrected chi connectivity index (χ0v) is 10.5. The molecular formula is C12H15FN4O2. The van der Waals surface area contributed by atoms with Gasteiger partial charge in [0.1, 0.15) is 11.4 Å². The molecule has 0 saturated carbocycles. The summed E-state index contributed by atoms with van der Waals surface area (Å²) in [6.07, 6.45) is 0.207. The van der Waals surface area contributed by atoms with Gasteiger partial charge in [0.25, 0.3) is 0 Å². The van der Waals surface area contributed by atoms with Crippen LogP contribution in [0.3, 0.4) is 0 Å². The Morgan fingerprint density at radius 3 is 2.68 bits per heavy atom. The highest BCUT2D eigenvalue weighted by Gasteiger charge is 2.32. The van der Waals surface area contributed by atoms with Gasteiger partial charge in [0.05, 0.1) is 0 Å². The van der Waals surface area contributed by atoms with Crippen molar-refractivity contribution < 1.29 is 14.3 Å². The Hall–Kier alpha value is -2.11. The fourth-order valence-electron chi connectivity index (χ4n) is 1.65. The lowest BCUT2D eigenvalue weighted by molar-refractivity contribution is -0.144. The molecule has 1 aromatic rings. The number of carbonyl (C=O) groups is 1. The number of rotatable bonds is 7. The molecule has 0 aliphatic carbocycles. The first kappa shape index (κ1) is 14.9. The summed E-state index contributed by atoms with van der Waals surface area (Å²) in [6, 6.07) is 5.67. The average Bonchev–Trinajstić information content (AvgIpc) is 2.37. The zero-order chi connectivity index (χ0) is 14.3. The predicted octanol–water partition coefficient (Wildman–Crippen LogP) is 2.11. The minimum absolute atomic E-state index is 0.169. The maximum absolute atomic E-state index is 12.8. The van der Waals surface area contributed by atoms with Gasteiger partial charge in [0, 0.05) is 24.4 Å². The summed E-state index contributed by atoms with van der Waals surface area (Å²) in [4.78, 5) is 13.9. The highest BCUT2D eigenvalue weighted by Crippen LogP contribution is 2.14. The van der Waals surface area contributed by atoms with Gasteiger partial charge in [0.2, 0.25) is 0 Å². The SMILES string of the molecule is CC(Cc1ccc(F)cc1)(NCCN=[N+]=[N-])C(=O)O. The molecule has 7 heteroatoms. The first-order chi connectivity index (χ1) is 8.98. The van der Waals surface area contributed by atoms with Gasteiger partial charge in [-0.15, -0.1) is 0 Å². The van der Waals surface area contributed by atoms with Gasteiger partial charge < -0.3 is 10.4 Å². The van der Waals surface area contributed by atoms with E-state index >= 15 is 0 Å². The molecule has 1 aromatic carbocycles. The normalized spacial score (nSPS) is 13.4. The molecule has 0 spiro atoms. The van der Waals surface area contributed by atoms with Crippen molar-refractivity contribution in [2.45, 2.75) is 18.9 Å². The monoisotopic (exact) mass is 266 g/mol. The molecule has 1 rings (SSSR count). The molecule has 1 atom stereocenters. The second-order valence-corrected chi connectivity index (χ2v) is 4.32. The molecule has 1 unspecified atom stereocenters. The Labute approximate surface area is 109 Å². The van der Waals surface area contributed by atoms with Gasteiger partial charge in [-0.2, -0.15) is 0 Å². The van der Waals surface area contributed by atoms with Crippen LogP contribution >= 0.6 is 0 Å². The summed E-state index contributed by atoms with van der Waals surface area (Å²) in [5.41, 5.74) is 7.66. The third-order valence-electron chi connectivity index (χ3n) is 2.73. The van der Waals surface area contributed by atoms with E-state index in [0.29, 0.717) is 5.56 Å². The van der Waals surface area contributed by atoms with Crippen LogP contribution in [0.5, 0.6) is 0 Å². The van der Waals surface area contributed by atoms with E-state index in [1.54, 1.807) is 12.1 Å². The summed E-state index contributed by atoms with van der Waals surface area (Å²) in [5, 5.41) is 15.4. The number of carboxylic acid groups (broad SMARTS) is 1. The van der Waals surface area contributed by atoms with Crippen LogP contribution in [-0.2, 0) is 11.2 Å². The Morgan fingerprint density at radius 2 is 2.16 bits per heavy atom. The highest BCUT2D eigenvalue weighted by molar-refractivity contribution is 5.78. The smallest absolute Gasteiger partial charge is 0.323 e. The summed E-state index contributed by atoms with van der Waals surface area (Å²) >= 11 is 0. The number of carboxylic acids is 1. The molecule has 19 heavy (non-hydrogen) atoms. The van der Waals surface area contributed by atoms with Gasteiger partial charge in [-0.3, -0.25) is 4.79 Å². The Balaban J connectivity index is 2.72. The maximum atomic E-state index is 12.8. The predicted molar refractivity (Wildman–Crippen MR) is 68.2 cm³/mol. The van der Waals surface area contributed by atoms with E-state index in [2.05, 4.69) is 15.3 Å². The number of hydrogen-bond acceptors (Lipinski definition) is 3. The van der Waals surface area contributed by atoms with Gasteiger partial charge >= 0.3 is 5.97 Å². The standard InChI is InChI=1S/C12H15FN4O2/c1-12(11(18)19,15-6-7-16-17-14)8-9-2-4-10(13)5-3-9/h2-5,15H,6-8H2,1H3,(H,18,19). The fraction of sp³-hybridized carbons (Fsp3) is 0.417. The summed E-state index contributed by atoms with van der Waals surface area (Å²) in [6.45, 7) is 1.96. The van der Waals surface area contributed by atoms with E-state index < -0.39 is 11.5 Å². The number of benzene rings is 1. The Bertz CT molecular complexity index is 485. The molecule has 0 amide bonds. The third-order valence-corrected chi connectivity index (χ3v) is 2.73. The maximum Gasteiger partial charge on any atom is 0.323 e. The molecule has 0 aromatic heterocycles. The molecule has 102 valence electrons. The second kappa shape index (κ2) is 6.72. The van der Waals surface area contributed by atoms with Crippen LogP contribution in [-0.4, -0.2) is 29.7 Å². The van der Waals surface area contributed by atoms with Crippen molar-refractivity contribution >= 4 is 5.97 Å². The summed E-state index contributed by atoms with van der Waals surface area (Å²) in [7, 11) is 0. The molecule has 6 nitrogen and oxygen atoms in total. The van der Waals surface area contributed by atoms with Crippen LogP contribution in [0.4, 0.5) is 4.39 Å². The van der Waals surface area contributed by atoms with Gasteiger partial charge in [0.15, 0.2) is 0 Å². The molecule has 0 fully saturated rings. The van der Waals surface area contributed by atoms with Crippen LogP contribution in [0.25, 0.3) is 10.4 Å². The lowest BCUT2D eigenvalue weighted by Crippen LogP contribution is -2.52. The third kappa shape index (κ3) is 4.57. The Morgan fingerprint density at radius 1 is 1.53 bits per heavy atom. The average molecular weight is 266 g/mol. The van der Waals surface area contributed by atoms with Crippen LogP contribution in [0.1, 0.15) is 12.5 Å². The van der Waals surface area contributed by atoms with Gasteiger partial charge in [-0.25, -0.2) is 4.39 Å². The van der Waals surface area contributed by atoms with E-state index in [1.165, 1.54) is 19.1 Å². The molecule has 0 saturated heterocycles. The van der Waals surface area contributed by atoms with Gasteiger partial charge in [-0.1, -0.05) is 17.2 Å². The molecule has 2 N–H and O–H groups in total. The number of nitrogens with one attached hydrogen (secondary N) is 1. The number of nitrogens with zero attached hydrogens (tertiary/aromatic N) is 3. The van der Waals surface area contributed by atoms with E-state index in [-0.39, 0.29) is 25.3 Å². The zero-order valence-electron chi connectivity index (χ0n) is 10.5. The first-order valence-corrected chi connectivity index (χ1v) is 5.71. The lowest BCUT2D eigenvalue weighted by atomic mass is 9.93. The second-order valence-electron chi connectivity index (χ2n) is 4.32. The van der Waals surface area contributed by atoms with Crippen LogP contribution < -0.4 is 5.32 Å². The minimum Gasteiger partial charge on any atom is -0.480 e. The number of hydrogen-bond donors (Lipinski definition) is 2. The van der Waals surface area contributed by atoms with Crippen LogP contribution in [0.15, 0.2) is 29.4 Å². The minimum atomic E-state index is -1.19. The largest absolute Gasteiger partial charge is 0.480 e. The number of halogens is 1. The van der Waals surface area contributed by atoms with Gasteiger partial charge in [-0.05, 0) is 30.2 Å². The molecular weight excluding hydrogens is 251 g/mol. The number of azide groups is 1. The van der Waals surface area contributed by atoms with Crippen molar-refractivity contribution in [2.24, 2.45) is 5.11 Å². The quantitative estimate of drug-likeness (QED) is 0.342. The van der Waals surface area contributed by atoms with Crippen molar-refractivity contribution in [1.82, 2.24) is 5.32 Å². The van der Waals surface area contributed by atoms with Crippen LogP contribution in [0, 0.1) is 5.82 Å². The first-order valence-electron chi connectivity index (χ1n) is 5.71. The topological polar surface area (TPSA) is 98.1 Å². The molecule has 0 aliphatic heterocycles. The Kier molecular flexibility index (Phi) is 5.29. The van der Waals surface area contributed by atoms with Crippen molar-refractivity contribution in [3.8, 4) is 0 Å². The molecule has 0 aliphatic rings. The van der Waals surface area contributed by atoms with Crippen molar-refractivity contribution in [2.75, 3.05) is 13.1 Å². The van der Waals surface area contributed by atoms with E-state index in [0.717, 1.165) is 0 Å². The van der Waals surface area contributed by atoms with Crippen molar-refractivity contribution in [1.29, 1.82) is 0 Å². The summed E-state index contributed by atoms with van der Waals surface area (Å²) < 4.78 is 12.8. The van der Waals surface area contributed by atoms with E-state index in [1.807, 2.05) is 0 Å². The van der Waals surface area contributed by atoms with Crippen molar-refractivity contribution in [3.05, 3.63) is 46.1 Å². The number of aliphatic carboxylic acids is 1. The van der Waals surface area contributed by atoms with Crippen LogP contribution in [0.2, 0.25) is 0 Å². The van der Waals surface area contributed by atoms with E-state index in [9.17, 15) is 14.3 Å². The van der Waals surface area contributed by atoms with Crippen molar-refractivity contribution in [3.63, 3.8) is 0 Å². The highest BCUT2D eigenvalue weighted by atomic mass is 19.1. The van der Waals surface area contributed by atoms with E-state index in [4.69, 9.17) is 5.53 Å². The lowest BCUT2D eigenvalue weighted by Gasteiger charge is -2.26. The molecule has 0 bridgehead atoms. The summed E-state index contributed by atoms with van der Waals surface area (Å²) in [5.74, 6) is -1.38.